The zero-order chi connectivity index (χ0) is 19.9. The molecule has 0 spiro atoms. The molecule has 0 fully saturated rings. The second-order valence-electron chi connectivity index (χ2n) is 7.38. The van der Waals surface area contributed by atoms with Crippen molar-refractivity contribution in [3.8, 4) is 0 Å². The van der Waals surface area contributed by atoms with Crippen LogP contribution in [0.2, 0.25) is 0 Å². The van der Waals surface area contributed by atoms with Crippen LogP contribution in [0, 0.1) is 5.82 Å². The second-order valence-corrected chi connectivity index (χ2v) is 7.38. The van der Waals surface area contributed by atoms with Crippen molar-refractivity contribution in [1.82, 2.24) is 9.55 Å². The van der Waals surface area contributed by atoms with Crippen molar-refractivity contribution in [3.05, 3.63) is 126 Å². The van der Waals surface area contributed by atoms with Crippen LogP contribution >= 0.6 is 0 Å². The Hall–Kier alpha value is -3.20. The Morgan fingerprint density at radius 3 is 2.28 bits per heavy atom. The number of hydrogen-bond donors (Lipinski definition) is 0. The minimum absolute atomic E-state index is 0.0582. The highest BCUT2D eigenvalue weighted by Crippen LogP contribution is 2.31. The molecule has 0 amide bonds. The van der Waals surface area contributed by atoms with Gasteiger partial charge < -0.3 is 4.57 Å². The molecule has 3 aromatic carbocycles. The summed E-state index contributed by atoms with van der Waals surface area (Å²) < 4.78 is 16.7. The molecule has 0 radical (unpaired) electrons. The summed E-state index contributed by atoms with van der Waals surface area (Å²) in [5.41, 5.74) is 4.42. The van der Waals surface area contributed by atoms with Gasteiger partial charge in [-0.25, -0.2) is 9.37 Å². The Morgan fingerprint density at radius 1 is 0.828 bits per heavy atom. The molecular formula is C26H25FN2. The molecule has 4 rings (SSSR count). The average molecular weight is 384 g/mol. The van der Waals surface area contributed by atoms with E-state index in [9.17, 15) is 4.39 Å². The summed E-state index contributed by atoms with van der Waals surface area (Å²) in [5, 5.41) is 0. The standard InChI is InChI=1S/C26H25FN2/c27-26-17-8-7-15-25(26)24(22-12-5-2-6-13-22)16-9-14-23-18-28-20-29(23)19-21-10-3-1-4-11-21/h1-8,10-13,15,17-18,20,24H,9,14,16,19H2. The van der Waals surface area contributed by atoms with Crippen LogP contribution in [0.1, 0.15) is 41.1 Å². The molecule has 0 aliphatic heterocycles. The van der Waals surface area contributed by atoms with E-state index < -0.39 is 0 Å². The van der Waals surface area contributed by atoms with Gasteiger partial charge in [-0.15, -0.1) is 0 Å². The van der Waals surface area contributed by atoms with Gasteiger partial charge in [-0.3, -0.25) is 0 Å². The fourth-order valence-electron chi connectivity index (χ4n) is 3.91. The molecule has 1 heterocycles. The first kappa shape index (κ1) is 19.1. The van der Waals surface area contributed by atoms with Crippen LogP contribution in [0.15, 0.2) is 97.5 Å². The van der Waals surface area contributed by atoms with Gasteiger partial charge in [-0.1, -0.05) is 78.9 Å². The van der Waals surface area contributed by atoms with Gasteiger partial charge in [0, 0.05) is 24.4 Å². The molecule has 1 atom stereocenters. The van der Waals surface area contributed by atoms with E-state index in [2.05, 4.69) is 45.9 Å². The highest BCUT2D eigenvalue weighted by Gasteiger charge is 2.17. The third-order valence-corrected chi connectivity index (χ3v) is 5.40. The zero-order valence-electron chi connectivity index (χ0n) is 16.4. The molecule has 0 aliphatic rings. The molecule has 3 heteroatoms. The predicted octanol–water partition coefficient (Wildman–Crippen LogP) is 6.23. The normalized spacial score (nSPS) is 12.0. The quantitative estimate of drug-likeness (QED) is 0.352. The summed E-state index contributed by atoms with van der Waals surface area (Å²) in [6, 6.07) is 27.8. The van der Waals surface area contributed by atoms with E-state index in [4.69, 9.17) is 0 Å². The number of halogens is 1. The molecular weight excluding hydrogens is 359 g/mol. The summed E-state index contributed by atoms with van der Waals surface area (Å²) in [6.07, 6.45) is 6.62. The molecule has 0 saturated heterocycles. The van der Waals surface area contributed by atoms with Gasteiger partial charge in [0.05, 0.1) is 6.33 Å². The number of nitrogens with zero attached hydrogens (tertiary/aromatic N) is 2. The van der Waals surface area contributed by atoms with E-state index in [1.165, 1.54) is 11.3 Å². The Balaban J connectivity index is 1.47. The largest absolute Gasteiger partial charge is 0.330 e. The van der Waals surface area contributed by atoms with Crippen molar-refractivity contribution in [2.24, 2.45) is 0 Å². The molecule has 0 N–H and O–H groups in total. The Morgan fingerprint density at radius 2 is 1.52 bits per heavy atom. The van der Waals surface area contributed by atoms with Gasteiger partial charge in [-0.2, -0.15) is 0 Å². The molecule has 0 saturated carbocycles. The van der Waals surface area contributed by atoms with Gasteiger partial charge in [0.25, 0.3) is 0 Å². The maximum Gasteiger partial charge on any atom is 0.127 e. The first-order valence-electron chi connectivity index (χ1n) is 10.1. The smallest absolute Gasteiger partial charge is 0.127 e. The van der Waals surface area contributed by atoms with Crippen LogP contribution in [0.5, 0.6) is 0 Å². The number of hydrogen-bond acceptors (Lipinski definition) is 1. The third-order valence-electron chi connectivity index (χ3n) is 5.40. The van der Waals surface area contributed by atoms with Crippen molar-refractivity contribution in [2.45, 2.75) is 31.7 Å². The molecule has 2 nitrogen and oxygen atoms in total. The SMILES string of the molecule is Fc1ccccc1C(CCCc1cncn1Cc1ccccc1)c1ccccc1. The Labute approximate surface area is 171 Å². The van der Waals surface area contributed by atoms with Crippen molar-refractivity contribution in [2.75, 3.05) is 0 Å². The lowest BCUT2D eigenvalue weighted by Crippen LogP contribution is -2.07. The van der Waals surface area contributed by atoms with Crippen LogP contribution in [-0.2, 0) is 13.0 Å². The van der Waals surface area contributed by atoms with Gasteiger partial charge in [0.1, 0.15) is 5.82 Å². The Bertz CT molecular complexity index is 1020. The van der Waals surface area contributed by atoms with Crippen molar-refractivity contribution in [3.63, 3.8) is 0 Å². The topological polar surface area (TPSA) is 17.8 Å². The average Bonchev–Trinajstić information content (AvgIpc) is 3.20. The van der Waals surface area contributed by atoms with Crippen LogP contribution in [0.3, 0.4) is 0 Å². The zero-order valence-corrected chi connectivity index (χ0v) is 16.4. The monoisotopic (exact) mass is 384 g/mol. The first-order chi connectivity index (χ1) is 14.3. The Kier molecular flexibility index (Phi) is 6.16. The summed E-state index contributed by atoms with van der Waals surface area (Å²) >= 11 is 0. The maximum absolute atomic E-state index is 14.5. The van der Waals surface area contributed by atoms with Crippen LogP contribution in [-0.4, -0.2) is 9.55 Å². The van der Waals surface area contributed by atoms with E-state index in [1.54, 1.807) is 12.1 Å². The lowest BCUT2D eigenvalue weighted by molar-refractivity contribution is 0.571. The molecule has 4 aromatic rings. The molecule has 29 heavy (non-hydrogen) atoms. The minimum Gasteiger partial charge on any atom is -0.330 e. The molecule has 0 bridgehead atoms. The van der Waals surface area contributed by atoms with Gasteiger partial charge in [-0.05, 0) is 42.0 Å². The maximum atomic E-state index is 14.5. The number of aromatic nitrogens is 2. The minimum atomic E-state index is -0.129. The number of benzene rings is 3. The number of rotatable bonds is 8. The third kappa shape index (κ3) is 4.80. The van der Waals surface area contributed by atoms with E-state index in [0.29, 0.717) is 0 Å². The lowest BCUT2D eigenvalue weighted by Gasteiger charge is -2.19. The molecule has 1 unspecified atom stereocenters. The van der Waals surface area contributed by atoms with Crippen molar-refractivity contribution < 1.29 is 4.39 Å². The van der Waals surface area contributed by atoms with Crippen LogP contribution in [0.25, 0.3) is 0 Å². The summed E-state index contributed by atoms with van der Waals surface area (Å²) in [7, 11) is 0. The van der Waals surface area contributed by atoms with Gasteiger partial charge >= 0.3 is 0 Å². The highest BCUT2D eigenvalue weighted by atomic mass is 19.1. The molecule has 146 valence electrons. The first-order valence-corrected chi connectivity index (χ1v) is 10.1. The highest BCUT2D eigenvalue weighted by molar-refractivity contribution is 5.33. The lowest BCUT2D eigenvalue weighted by atomic mass is 9.86. The predicted molar refractivity (Wildman–Crippen MR) is 115 cm³/mol. The van der Waals surface area contributed by atoms with Crippen LogP contribution < -0.4 is 0 Å². The van der Waals surface area contributed by atoms with Crippen LogP contribution in [0.4, 0.5) is 4.39 Å². The van der Waals surface area contributed by atoms with E-state index in [0.717, 1.165) is 36.9 Å². The fourth-order valence-corrected chi connectivity index (χ4v) is 3.91. The van der Waals surface area contributed by atoms with E-state index in [-0.39, 0.29) is 11.7 Å². The second kappa shape index (κ2) is 9.33. The van der Waals surface area contributed by atoms with E-state index >= 15 is 0 Å². The van der Waals surface area contributed by atoms with Crippen molar-refractivity contribution >= 4 is 0 Å². The van der Waals surface area contributed by atoms with Crippen molar-refractivity contribution in [1.29, 1.82) is 0 Å². The summed E-state index contributed by atoms with van der Waals surface area (Å²) in [4.78, 5) is 4.35. The van der Waals surface area contributed by atoms with Gasteiger partial charge in [0.15, 0.2) is 0 Å². The van der Waals surface area contributed by atoms with E-state index in [1.807, 2.05) is 48.9 Å². The van der Waals surface area contributed by atoms with Gasteiger partial charge in [0.2, 0.25) is 0 Å². The molecule has 1 aromatic heterocycles. The summed E-state index contributed by atoms with van der Waals surface area (Å²) in [6.45, 7) is 0.825. The molecule has 0 aliphatic carbocycles. The number of imidazole rings is 1. The number of aryl methyl sites for hydroxylation is 1. The summed E-state index contributed by atoms with van der Waals surface area (Å²) in [5.74, 6) is -0.0710. The fraction of sp³-hybridized carbons (Fsp3) is 0.192.